The largest absolute Gasteiger partial charge is 0.378 e. The van der Waals surface area contributed by atoms with E-state index >= 15 is 0 Å². The zero-order chi connectivity index (χ0) is 26.3. The number of carbonyl (C=O) groups is 1. The summed E-state index contributed by atoms with van der Waals surface area (Å²) in [7, 11) is 0. The van der Waals surface area contributed by atoms with Crippen LogP contribution in [0, 0.1) is 0 Å². The van der Waals surface area contributed by atoms with Crippen LogP contribution in [0.4, 0.5) is 17.3 Å². The number of likely N-dealkylation sites (tertiary alicyclic amines) is 1. The third kappa shape index (κ3) is 4.91. The summed E-state index contributed by atoms with van der Waals surface area (Å²) in [6.45, 7) is 8.02. The van der Waals surface area contributed by atoms with Crippen LogP contribution in [0.15, 0.2) is 48.7 Å². The van der Waals surface area contributed by atoms with E-state index in [2.05, 4.69) is 50.8 Å². The number of amides is 1. The number of benzene rings is 2. The van der Waals surface area contributed by atoms with Gasteiger partial charge in [0.25, 0.3) is 0 Å². The summed E-state index contributed by atoms with van der Waals surface area (Å²) in [5, 5.41) is 6.89. The molecule has 7 nitrogen and oxygen atoms in total. The predicted octanol–water partition coefficient (Wildman–Crippen LogP) is 5.47. The summed E-state index contributed by atoms with van der Waals surface area (Å²) in [6.07, 6.45) is 5.43. The van der Waals surface area contributed by atoms with Crippen molar-refractivity contribution in [3.05, 3.63) is 76.1 Å². The van der Waals surface area contributed by atoms with Crippen molar-refractivity contribution in [3.8, 4) is 0 Å². The molecular formula is C30H34ClN5O2. The van der Waals surface area contributed by atoms with Crippen LogP contribution in [0.5, 0.6) is 0 Å². The van der Waals surface area contributed by atoms with Crippen LogP contribution in [0.1, 0.15) is 55.0 Å². The maximum Gasteiger partial charge on any atom is 0.234 e. The Morgan fingerprint density at radius 2 is 1.87 bits per heavy atom. The topological polar surface area (TPSA) is 79.4 Å². The fourth-order valence-corrected chi connectivity index (χ4v) is 6.12. The van der Waals surface area contributed by atoms with E-state index in [4.69, 9.17) is 21.3 Å². The molecule has 0 bridgehead atoms. The monoisotopic (exact) mass is 531 g/mol. The van der Waals surface area contributed by atoms with Gasteiger partial charge in [-0.3, -0.25) is 9.69 Å². The number of anilines is 3. The van der Waals surface area contributed by atoms with E-state index in [0.29, 0.717) is 29.4 Å². The molecule has 2 aromatic carbocycles. The van der Waals surface area contributed by atoms with Gasteiger partial charge in [-0.05, 0) is 93.4 Å². The first-order valence-corrected chi connectivity index (χ1v) is 13.9. The molecule has 38 heavy (non-hydrogen) atoms. The van der Waals surface area contributed by atoms with Crippen LogP contribution in [0.3, 0.4) is 0 Å². The highest BCUT2D eigenvalue weighted by atomic mass is 35.5. The first-order valence-electron chi connectivity index (χ1n) is 13.5. The lowest BCUT2D eigenvalue weighted by atomic mass is 9.82. The highest BCUT2D eigenvalue weighted by Gasteiger charge is 2.39. The minimum Gasteiger partial charge on any atom is -0.378 e. The van der Waals surface area contributed by atoms with E-state index in [1.165, 1.54) is 18.4 Å². The number of fused-ring (bicyclic) bond motifs is 1. The number of halogens is 1. The summed E-state index contributed by atoms with van der Waals surface area (Å²) in [5.74, 6) is 1.17. The molecule has 1 amide bonds. The van der Waals surface area contributed by atoms with Crippen molar-refractivity contribution in [3.63, 3.8) is 0 Å². The van der Waals surface area contributed by atoms with E-state index in [1.54, 1.807) is 6.20 Å². The molecule has 2 fully saturated rings. The zero-order valence-corrected chi connectivity index (χ0v) is 22.7. The van der Waals surface area contributed by atoms with Gasteiger partial charge in [0.15, 0.2) is 0 Å². The summed E-state index contributed by atoms with van der Waals surface area (Å²) in [5.41, 5.74) is 5.69. The molecule has 6 rings (SSSR count). The first kappa shape index (κ1) is 25.3. The van der Waals surface area contributed by atoms with Gasteiger partial charge in [0.05, 0.1) is 41.6 Å². The minimum absolute atomic E-state index is 0.0340. The third-order valence-electron chi connectivity index (χ3n) is 8.34. The average molecular weight is 532 g/mol. The van der Waals surface area contributed by atoms with E-state index < -0.39 is 5.41 Å². The summed E-state index contributed by atoms with van der Waals surface area (Å²) in [4.78, 5) is 24.2. The molecule has 0 unspecified atom stereocenters. The van der Waals surface area contributed by atoms with Crippen LogP contribution < -0.4 is 10.6 Å². The number of ether oxygens (including phenoxy) is 1. The second-order valence-corrected chi connectivity index (χ2v) is 11.6. The molecule has 3 aliphatic rings. The normalized spacial score (nSPS) is 19.6. The molecular weight excluding hydrogens is 498 g/mol. The molecule has 3 aromatic rings. The molecule has 1 aromatic heterocycles. The molecule has 0 radical (unpaired) electrons. The average Bonchev–Trinajstić information content (AvgIpc) is 3.12. The number of nitrogens with one attached hydrogen (secondary N) is 2. The number of aromatic nitrogens is 2. The van der Waals surface area contributed by atoms with Crippen molar-refractivity contribution < 1.29 is 9.53 Å². The van der Waals surface area contributed by atoms with Crippen LogP contribution in [-0.4, -0.2) is 53.1 Å². The Kier molecular flexibility index (Phi) is 6.84. The molecule has 2 saturated heterocycles. The standard InChI is InChI=1S/C30H34ClN5O2/c1-30(2)27-21(4-3-5-26(27)34-28(30)37)8-11-25-24(31)16-32-29(35-25)33-22-9-6-19(7-10-22)20-12-14-36(15-13-20)23-17-38-18-23/h3-7,9-10,16,20,23H,8,11-15,17-18H2,1-2H3,(H,34,37)(H,32,33,35). The van der Waals surface area contributed by atoms with E-state index in [0.717, 1.165) is 60.9 Å². The summed E-state index contributed by atoms with van der Waals surface area (Å²) < 4.78 is 5.36. The van der Waals surface area contributed by atoms with Gasteiger partial charge in [-0.25, -0.2) is 9.97 Å². The lowest BCUT2D eigenvalue weighted by molar-refractivity contribution is -0.119. The maximum atomic E-state index is 12.4. The molecule has 2 N–H and O–H groups in total. The van der Waals surface area contributed by atoms with E-state index in [-0.39, 0.29) is 5.91 Å². The van der Waals surface area contributed by atoms with Gasteiger partial charge in [0.2, 0.25) is 11.9 Å². The number of hydrogen-bond donors (Lipinski definition) is 2. The van der Waals surface area contributed by atoms with Crippen molar-refractivity contribution in [2.45, 2.75) is 56.9 Å². The Balaban J connectivity index is 1.10. The maximum absolute atomic E-state index is 12.4. The Bertz CT molecular complexity index is 1330. The zero-order valence-electron chi connectivity index (χ0n) is 22.0. The van der Waals surface area contributed by atoms with Gasteiger partial charge in [0, 0.05) is 11.4 Å². The van der Waals surface area contributed by atoms with Crippen molar-refractivity contribution >= 4 is 34.8 Å². The van der Waals surface area contributed by atoms with Gasteiger partial charge >= 0.3 is 0 Å². The molecule has 4 heterocycles. The van der Waals surface area contributed by atoms with Crippen molar-refractivity contribution in [2.24, 2.45) is 0 Å². The molecule has 3 aliphatic heterocycles. The molecule has 198 valence electrons. The van der Waals surface area contributed by atoms with Gasteiger partial charge in [-0.2, -0.15) is 0 Å². The van der Waals surface area contributed by atoms with Gasteiger partial charge in [-0.1, -0.05) is 35.9 Å². The van der Waals surface area contributed by atoms with E-state index in [9.17, 15) is 4.79 Å². The number of piperidine rings is 1. The van der Waals surface area contributed by atoms with Crippen LogP contribution in [-0.2, 0) is 27.8 Å². The Labute approximate surface area is 229 Å². The van der Waals surface area contributed by atoms with Gasteiger partial charge < -0.3 is 15.4 Å². The highest BCUT2D eigenvalue weighted by Crippen LogP contribution is 2.40. The second-order valence-electron chi connectivity index (χ2n) is 11.2. The summed E-state index contributed by atoms with van der Waals surface area (Å²) in [6, 6.07) is 15.3. The van der Waals surface area contributed by atoms with Crippen LogP contribution in [0.2, 0.25) is 5.02 Å². The fourth-order valence-electron chi connectivity index (χ4n) is 5.93. The van der Waals surface area contributed by atoms with Gasteiger partial charge in [0.1, 0.15) is 0 Å². The summed E-state index contributed by atoms with van der Waals surface area (Å²) >= 11 is 6.48. The number of hydrogen-bond acceptors (Lipinski definition) is 6. The molecule has 8 heteroatoms. The van der Waals surface area contributed by atoms with Gasteiger partial charge in [-0.15, -0.1) is 0 Å². The SMILES string of the molecule is CC1(C)C(=O)Nc2cccc(CCc3nc(Nc4ccc(C5CCN(C6COC6)CC5)cc4)ncc3Cl)c21. The van der Waals surface area contributed by atoms with Crippen molar-refractivity contribution in [1.82, 2.24) is 14.9 Å². The Morgan fingerprint density at radius 1 is 1.11 bits per heavy atom. The van der Waals surface area contributed by atoms with Crippen molar-refractivity contribution in [1.29, 1.82) is 0 Å². The first-order chi connectivity index (χ1) is 18.4. The lowest BCUT2D eigenvalue weighted by Crippen LogP contribution is -2.51. The highest BCUT2D eigenvalue weighted by molar-refractivity contribution is 6.31. The second kappa shape index (κ2) is 10.3. The number of rotatable bonds is 7. The number of nitrogens with zero attached hydrogens (tertiary/aromatic N) is 3. The smallest absolute Gasteiger partial charge is 0.234 e. The van der Waals surface area contributed by atoms with Crippen LogP contribution in [0.25, 0.3) is 0 Å². The number of aryl methyl sites for hydroxylation is 2. The van der Waals surface area contributed by atoms with Crippen molar-refractivity contribution in [2.75, 3.05) is 36.9 Å². The minimum atomic E-state index is -0.553. The Morgan fingerprint density at radius 3 is 2.58 bits per heavy atom. The fraction of sp³-hybridized carbons (Fsp3) is 0.433. The third-order valence-corrected chi connectivity index (χ3v) is 8.66. The molecule has 0 spiro atoms. The Hall–Kier alpha value is -3.00. The lowest BCUT2D eigenvalue weighted by Gasteiger charge is -2.41. The number of carbonyl (C=O) groups excluding carboxylic acids is 1. The predicted molar refractivity (Wildman–Crippen MR) is 150 cm³/mol. The van der Waals surface area contributed by atoms with E-state index in [1.807, 2.05) is 26.0 Å². The molecule has 0 saturated carbocycles. The molecule has 0 atom stereocenters. The van der Waals surface area contributed by atoms with Crippen LogP contribution >= 0.6 is 11.6 Å². The molecule has 0 aliphatic carbocycles. The quantitative estimate of drug-likeness (QED) is 0.421.